The molecule has 0 spiro atoms. The predicted octanol–water partition coefficient (Wildman–Crippen LogP) is 6.96. The monoisotopic (exact) mass is 498 g/mol. The number of alkyl carbamates (subject to hydrolysis) is 1. The van der Waals surface area contributed by atoms with Crippen molar-refractivity contribution in [2.75, 3.05) is 30.3 Å². The van der Waals surface area contributed by atoms with E-state index in [1.807, 2.05) is 20.8 Å². The molecule has 0 aliphatic heterocycles. The van der Waals surface area contributed by atoms with Gasteiger partial charge in [-0.15, -0.1) is 0 Å². The normalized spacial score (nSPS) is 11.3. The molecule has 1 heterocycles. The predicted molar refractivity (Wildman–Crippen MR) is 142 cm³/mol. The number of anilines is 2. The van der Waals surface area contributed by atoms with Crippen LogP contribution in [0.2, 0.25) is 5.28 Å². The van der Waals surface area contributed by atoms with Crippen LogP contribution >= 0.6 is 11.6 Å². The minimum absolute atomic E-state index is 0.154. The second-order valence-corrected chi connectivity index (χ2v) is 10.1. The molecular weight excluding hydrogens is 452 g/mol. The number of hydrogen-bond acceptors (Lipinski definition) is 7. The average Bonchev–Trinajstić information content (AvgIpc) is 2.75. The number of rotatable bonds is 19. The Bertz CT molecular complexity index is 669. The minimum Gasteiger partial charge on any atom is -0.444 e. The maximum absolute atomic E-state index is 11.6. The van der Waals surface area contributed by atoms with Gasteiger partial charge in [0.05, 0.1) is 0 Å². The molecule has 8 nitrogen and oxygen atoms in total. The van der Waals surface area contributed by atoms with Gasteiger partial charge in [0.1, 0.15) is 5.60 Å². The lowest BCUT2D eigenvalue weighted by Gasteiger charge is -2.19. The summed E-state index contributed by atoms with van der Waals surface area (Å²) >= 11 is 6.04. The van der Waals surface area contributed by atoms with E-state index in [9.17, 15) is 4.79 Å². The first kappa shape index (κ1) is 30.2. The summed E-state index contributed by atoms with van der Waals surface area (Å²) in [5.41, 5.74) is -0.499. The lowest BCUT2D eigenvalue weighted by atomic mass is 10.1. The zero-order valence-electron chi connectivity index (χ0n) is 21.8. The Balaban J connectivity index is 2.09. The zero-order chi connectivity index (χ0) is 25.1. The summed E-state index contributed by atoms with van der Waals surface area (Å²) in [5, 5.41) is 9.24. The van der Waals surface area contributed by atoms with Crippen LogP contribution in [-0.4, -0.2) is 46.3 Å². The van der Waals surface area contributed by atoms with Crippen molar-refractivity contribution in [3.63, 3.8) is 0 Å². The molecule has 0 aliphatic carbocycles. The second kappa shape index (κ2) is 18.5. The van der Waals surface area contributed by atoms with Gasteiger partial charge in [0.2, 0.25) is 17.2 Å². The number of amides is 1. The van der Waals surface area contributed by atoms with E-state index in [-0.39, 0.29) is 5.28 Å². The van der Waals surface area contributed by atoms with Gasteiger partial charge in [-0.1, -0.05) is 77.6 Å². The van der Waals surface area contributed by atoms with E-state index in [1.165, 1.54) is 70.6 Å². The van der Waals surface area contributed by atoms with Crippen molar-refractivity contribution in [1.29, 1.82) is 0 Å². The fourth-order valence-corrected chi connectivity index (χ4v) is 3.63. The van der Waals surface area contributed by atoms with Crippen molar-refractivity contribution in [2.24, 2.45) is 0 Å². The fraction of sp³-hybridized carbons (Fsp3) is 0.840. The Labute approximate surface area is 211 Å². The molecule has 0 fully saturated rings. The van der Waals surface area contributed by atoms with E-state index in [0.29, 0.717) is 31.4 Å². The lowest BCUT2D eigenvalue weighted by Crippen LogP contribution is -2.33. The van der Waals surface area contributed by atoms with Crippen LogP contribution < -0.4 is 16.0 Å². The van der Waals surface area contributed by atoms with E-state index < -0.39 is 11.7 Å². The Kier molecular flexibility index (Phi) is 16.4. The third kappa shape index (κ3) is 17.6. The zero-order valence-corrected chi connectivity index (χ0v) is 22.6. The summed E-state index contributed by atoms with van der Waals surface area (Å²) in [6.45, 7) is 9.67. The second-order valence-electron chi connectivity index (χ2n) is 9.78. The Morgan fingerprint density at radius 1 is 0.735 bits per heavy atom. The van der Waals surface area contributed by atoms with Gasteiger partial charge in [0.15, 0.2) is 0 Å². The van der Waals surface area contributed by atoms with Gasteiger partial charge in [0, 0.05) is 19.6 Å². The highest BCUT2D eigenvalue weighted by atomic mass is 35.5. The van der Waals surface area contributed by atoms with E-state index in [1.54, 1.807) is 0 Å². The molecule has 1 amide bonds. The van der Waals surface area contributed by atoms with Crippen LogP contribution in [0.3, 0.4) is 0 Å². The van der Waals surface area contributed by atoms with Crippen LogP contribution in [0.25, 0.3) is 0 Å². The smallest absolute Gasteiger partial charge is 0.407 e. The van der Waals surface area contributed by atoms with Gasteiger partial charge >= 0.3 is 6.09 Å². The molecule has 34 heavy (non-hydrogen) atoms. The van der Waals surface area contributed by atoms with Crippen LogP contribution in [0.15, 0.2) is 0 Å². The van der Waals surface area contributed by atoms with Crippen molar-refractivity contribution in [1.82, 2.24) is 20.3 Å². The Morgan fingerprint density at radius 3 is 1.71 bits per heavy atom. The maximum atomic E-state index is 11.6. The van der Waals surface area contributed by atoms with E-state index in [2.05, 4.69) is 37.8 Å². The SMILES string of the molecule is CCCCCCCCCCCCCCNc1nc(Cl)nc(NCCCNC(=O)OC(C)(C)C)n1. The van der Waals surface area contributed by atoms with Crippen LogP contribution in [0.1, 0.15) is 111 Å². The van der Waals surface area contributed by atoms with Crippen LogP contribution in [0, 0.1) is 0 Å². The minimum atomic E-state index is -0.499. The standard InChI is InChI=1S/C25H47ClN6O2/c1-5-6-7-8-9-10-11-12-13-14-15-16-18-27-22-30-21(26)31-23(32-22)28-19-17-20-29-24(33)34-25(2,3)4/h5-20H2,1-4H3,(H,29,33)(H2,27,28,30,31,32). The first-order valence-electron chi connectivity index (χ1n) is 13.2. The highest BCUT2D eigenvalue weighted by molar-refractivity contribution is 6.28. The highest BCUT2D eigenvalue weighted by Crippen LogP contribution is 2.13. The molecule has 1 aromatic rings. The summed E-state index contributed by atoms with van der Waals surface area (Å²) < 4.78 is 5.20. The number of aromatic nitrogens is 3. The Morgan fingerprint density at radius 2 is 1.21 bits per heavy atom. The first-order valence-corrected chi connectivity index (χ1v) is 13.5. The first-order chi connectivity index (χ1) is 16.3. The van der Waals surface area contributed by atoms with Gasteiger partial charge in [-0.2, -0.15) is 15.0 Å². The van der Waals surface area contributed by atoms with Gasteiger partial charge in [-0.25, -0.2) is 4.79 Å². The molecule has 0 aromatic carbocycles. The van der Waals surface area contributed by atoms with Gasteiger partial charge in [-0.05, 0) is 45.2 Å². The van der Waals surface area contributed by atoms with Gasteiger partial charge in [-0.3, -0.25) is 0 Å². The van der Waals surface area contributed by atoms with Crippen molar-refractivity contribution in [3.05, 3.63) is 5.28 Å². The van der Waals surface area contributed by atoms with Crippen LogP contribution in [0.4, 0.5) is 16.7 Å². The number of carbonyl (C=O) groups is 1. The van der Waals surface area contributed by atoms with Gasteiger partial charge in [0.25, 0.3) is 0 Å². The molecule has 0 saturated heterocycles. The van der Waals surface area contributed by atoms with E-state index >= 15 is 0 Å². The molecular formula is C25H47ClN6O2. The van der Waals surface area contributed by atoms with Crippen LogP contribution in [0.5, 0.6) is 0 Å². The van der Waals surface area contributed by atoms with Gasteiger partial charge < -0.3 is 20.7 Å². The molecule has 0 aliphatic rings. The molecule has 0 saturated carbocycles. The largest absolute Gasteiger partial charge is 0.444 e. The summed E-state index contributed by atoms with van der Waals surface area (Å²) in [5.74, 6) is 0.909. The van der Waals surface area contributed by atoms with Crippen molar-refractivity contribution >= 4 is 29.6 Å². The summed E-state index contributed by atoms with van der Waals surface area (Å²) in [7, 11) is 0. The number of halogens is 1. The average molecular weight is 499 g/mol. The third-order valence-corrected chi connectivity index (χ3v) is 5.40. The summed E-state index contributed by atoms with van der Waals surface area (Å²) in [6.07, 6.45) is 16.2. The fourth-order valence-electron chi connectivity index (χ4n) is 3.47. The quantitative estimate of drug-likeness (QED) is 0.177. The molecule has 0 atom stereocenters. The molecule has 196 valence electrons. The summed E-state index contributed by atoms with van der Waals surface area (Å²) in [6, 6.07) is 0. The van der Waals surface area contributed by atoms with Crippen LogP contribution in [-0.2, 0) is 4.74 Å². The topological polar surface area (TPSA) is 101 Å². The highest BCUT2D eigenvalue weighted by Gasteiger charge is 2.15. The molecule has 0 radical (unpaired) electrons. The molecule has 0 bridgehead atoms. The summed E-state index contributed by atoms with van der Waals surface area (Å²) in [4.78, 5) is 24.3. The Hall–Kier alpha value is -1.83. The lowest BCUT2D eigenvalue weighted by molar-refractivity contribution is 0.0528. The number of nitrogens with one attached hydrogen (secondary N) is 3. The molecule has 3 N–H and O–H groups in total. The molecule has 1 rings (SSSR count). The number of hydrogen-bond donors (Lipinski definition) is 3. The maximum Gasteiger partial charge on any atom is 0.407 e. The molecule has 1 aromatic heterocycles. The number of carbonyl (C=O) groups excluding carboxylic acids is 1. The van der Waals surface area contributed by atoms with E-state index in [4.69, 9.17) is 16.3 Å². The third-order valence-electron chi connectivity index (χ3n) is 5.23. The molecule has 9 heteroatoms. The number of unbranched alkanes of at least 4 members (excludes halogenated alkanes) is 11. The van der Waals surface area contributed by atoms with Crippen molar-refractivity contribution in [3.8, 4) is 0 Å². The van der Waals surface area contributed by atoms with E-state index in [0.717, 1.165) is 13.0 Å². The molecule has 0 unspecified atom stereocenters. The number of ether oxygens (including phenoxy) is 1. The van der Waals surface area contributed by atoms with Crippen molar-refractivity contribution < 1.29 is 9.53 Å². The van der Waals surface area contributed by atoms with Crippen molar-refractivity contribution in [2.45, 2.75) is 117 Å². The number of nitrogens with zero attached hydrogens (tertiary/aromatic N) is 3.